The molecule has 1 heterocycles. The molecule has 0 unspecified atom stereocenters. The lowest BCUT2D eigenvalue weighted by Gasteiger charge is -2.26. The van der Waals surface area contributed by atoms with E-state index in [4.69, 9.17) is 13.7 Å². The molecule has 3 aromatic rings. The number of hydrogen-bond donors (Lipinski definition) is 1. The van der Waals surface area contributed by atoms with E-state index in [9.17, 15) is 22.8 Å². The van der Waals surface area contributed by atoms with Crippen molar-refractivity contribution in [2.24, 2.45) is 0 Å². The summed E-state index contributed by atoms with van der Waals surface area (Å²) in [4.78, 5) is 39.5. The average Bonchev–Trinajstić information content (AvgIpc) is 2.93. The van der Waals surface area contributed by atoms with E-state index in [-0.39, 0.29) is 34.1 Å². The fraction of sp³-hybridized carbons (Fsp3) is 0.167. The van der Waals surface area contributed by atoms with Crippen LogP contribution in [-0.4, -0.2) is 40.0 Å². The van der Waals surface area contributed by atoms with E-state index in [2.05, 4.69) is 11.9 Å². The number of benzene rings is 3. The van der Waals surface area contributed by atoms with E-state index >= 15 is 0 Å². The summed E-state index contributed by atoms with van der Waals surface area (Å²) in [6.07, 6.45) is 3.02. The van der Waals surface area contributed by atoms with Crippen molar-refractivity contribution < 1.29 is 36.5 Å². The predicted octanol–water partition coefficient (Wildman–Crippen LogP) is 4.56. The van der Waals surface area contributed by atoms with E-state index in [1.165, 1.54) is 43.5 Å². The molecule has 0 bridgehead atoms. The highest BCUT2D eigenvalue weighted by atomic mass is 32.2. The highest BCUT2D eigenvalue weighted by molar-refractivity contribution is 7.87. The van der Waals surface area contributed by atoms with Crippen LogP contribution in [-0.2, 0) is 26.1 Å². The van der Waals surface area contributed by atoms with Crippen LogP contribution in [0.15, 0.2) is 83.8 Å². The molecule has 1 aliphatic heterocycles. The molecule has 10 nitrogen and oxygen atoms in total. The summed E-state index contributed by atoms with van der Waals surface area (Å²) in [5, 5.41) is 2.18. The van der Waals surface area contributed by atoms with Gasteiger partial charge in [0.1, 0.15) is 16.2 Å². The van der Waals surface area contributed by atoms with E-state index < -0.39 is 28.0 Å². The summed E-state index contributed by atoms with van der Waals surface area (Å²) in [5.74, 6) is -1.17. The van der Waals surface area contributed by atoms with Gasteiger partial charge in [-0.2, -0.15) is 8.42 Å². The van der Waals surface area contributed by atoms with Gasteiger partial charge in [-0.1, -0.05) is 23.8 Å². The second-order valence-corrected chi connectivity index (χ2v) is 10.5. The molecule has 11 heteroatoms. The van der Waals surface area contributed by atoms with Gasteiger partial charge in [-0.15, -0.1) is 6.58 Å². The van der Waals surface area contributed by atoms with Gasteiger partial charge < -0.3 is 13.7 Å². The summed E-state index contributed by atoms with van der Waals surface area (Å²) >= 11 is 0. The Hall–Kier alpha value is -4.90. The van der Waals surface area contributed by atoms with Gasteiger partial charge in [0, 0.05) is 5.56 Å². The van der Waals surface area contributed by atoms with Crippen LogP contribution in [0.5, 0.6) is 17.2 Å². The van der Waals surface area contributed by atoms with E-state index in [1.807, 2.05) is 13.8 Å². The lowest BCUT2D eigenvalue weighted by atomic mass is 10.0. The number of nitrogens with one attached hydrogen (secondary N) is 1. The zero-order valence-electron chi connectivity index (χ0n) is 22.7. The van der Waals surface area contributed by atoms with Crippen molar-refractivity contribution >= 4 is 39.7 Å². The Labute approximate surface area is 238 Å². The van der Waals surface area contributed by atoms with Crippen LogP contribution in [0, 0.1) is 6.92 Å². The second kappa shape index (κ2) is 12.1. The van der Waals surface area contributed by atoms with Crippen molar-refractivity contribution in [2.45, 2.75) is 25.2 Å². The maximum Gasteiger partial charge on any atom is 0.339 e. The van der Waals surface area contributed by atoms with Crippen molar-refractivity contribution in [3.05, 3.63) is 95.6 Å². The number of nitrogens with zero attached hydrogens (tertiary/aromatic N) is 1. The first-order chi connectivity index (χ1) is 19.6. The van der Waals surface area contributed by atoms with Crippen molar-refractivity contribution in [3.8, 4) is 17.2 Å². The lowest BCUT2D eigenvalue weighted by Crippen LogP contribution is -2.54. The number of methoxy groups -OCH3 is 1. The first kappa shape index (κ1) is 29.1. The molecule has 0 saturated carbocycles. The zero-order chi connectivity index (χ0) is 29.7. The van der Waals surface area contributed by atoms with Crippen molar-refractivity contribution in [3.63, 3.8) is 0 Å². The van der Waals surface area contributed by atoms with Gasteiger partial charge in [-0.25, -0.2) is 9.69 Å². The Kier molecular flexibility index (Phi) is 8.58. The van der Waals surface area contributed by atoms with Crippen LogP contribution in [0.1, 0.15) is 23.6 Å². The number of ether oxygens (including phenoxy) is 2. The zero-order valence-corrected chi connectivity index (χ0v) is 23.5. The highest BCUT2D eigenvalue weighted by Gasteiger charge is 2.37. The van der Waals surface area contributed by atoms with Gasteiger partial charge in [0.15, 0.2) is 11.5 Å². The largest absolute Gasteiger partial charge is 0.494 e. The second-order valence-electron chi connectivity index (χ2n) is 8.94. The van der Waals surface area contributed by atoms with Crippen LogP contribution in [0.25, 0.3) is 6.08 Å². The van der Waals surface area contributed by atoms with Crippen molar-refractivity contribution in [2.75, 3.05) is 18.6 Å². The quantitative estimate of drug-likeness (QED) is 0.161. The molecular formula is C30H28N2O8S. The van der Waals surface area contributed by atoms with Crippen molar-refractivity contribution in [1.29, 1.82) is 0 Å². The molecule has 4 rings (SSSR count). The molecule has 3 aromatic carbocycles. The van der Waals surface area contributed by atoms with Crippen molar-refractivity contribution in [1.82, 2.24) is 5.32 Å². The molecule has 0 aromatic heterocycles. The number of imide groups is 2. The summed E-state index contributed by atoms with van der Waals surface area (Å²) in [5.41, 5.74) is 1.52. The number of carbonyl (C=O) groups excluding carboxylic acids is 3. The molecular weight excluding hydrogens is 548 g/mol. The van der Waals surface area contributed by atoms with Gasteiger partial charge >= 0.3 is 16.1 Å². The average molecular weight is 577 g/mol. The van der Waals surface area contributed by atoms with Gasteiger partial charge in [-0.05, 0) is 80.4 Å². The number of amides is 4. The number of carbonyl (C=O) groups is 3. The molecule has 0 aliphatic carbocycles. The fourth-order valence-electron chi connectivity index (χ4n) is 4.10. The van der Waals surface area contributed by atoms with Crippen LogP contribution >= 0.6 is 0 Å². The summed E-state index contributed by atoms with van der Waals surface area (Å²) in [6.45, 7) is 7.83. The minimum absolute atomic E-state index is 0.0376. The van der Waals surface area contributed by atoms with Gasteiger partial charge in [0.2, 0.25) is 0 Å². The Balaban J connectivity index is 1.73. The third-order valence-corrected chi connectivity index (χ3v) is 7.30. The van der Waals surface area contributed by atoms with Crippen LogP contribution in [0.2, 0.25) is 0 Å². The minimum Gasteiger partial charge on any atom is -0.494 e. The maximum absolute atomic E-state index is 13.4. The number of barbiturate groups is 1. The number of rotatable bonds is 10. The number of aryl methyl sites for hydroxylation is 1. The molecule has 4 amide bonds. The monoisotopic (exact) mass is 576 g/mol. The molecule has 0 radical (unpaired) electrons. The molecule has 1 fully saturated rings. The van der Waals surface area contributed by atoms with E-state index in [0.29, 0.717) is 23.5 Å². The Morgan fingerprint density at radius 2 is 1.68 bits per heavy atom. The smallest absolute Gasteiger partial charge is 0.339 e. The number of urea groups is 1. The number of hydrogen-bond acceptors (Lipinski definition) is 8. The van der Waals surface area contributed by atoms with Gasteiger partial charge in [0.05, 0.1) is 19.4 Å². The first-order valence-electron chi connectivity index (χ1n) is 12.5. The molecule has 212 valence electrons. The Morgan fingerprint density at radius 1 is 1.00 bits per heavy atom. The molecule has 0 spiro atoms. The molecule has 41 heavy (non-hydrogen) atoms. The van der Waals surface area contributed by atoms with Crippen LogP contribution in [0.4, 0.5) is 10.5 Å². The molecule has 1 saturated heterocycles. The number of anilines is 1. The molecule has 0 atom stereocenters. The normalized spacial score (nSPS) is 14.6. The Morgan fingerprint density at radius 3 is 2.29 bits per heavy atom. The van der Waals surface area contributed by atoms with E-state index in [0.717, 1.165) is 10.5 Å². The predicted molar refractivity (Wildman–Crippen MR) is 153 cm³/mol. The number of allylic oxidation sites excluding steroid dienone is 1. The van der Waals surface area contributed by atoms with Crippen LogP contribution in [0.3, 0.4) is 0 Å². The van der Waals surface area contributed by atoms with E-state index in [1.54, 1.807) is 36.4 Å². The standard InChI is InChI=1S/C30H28N2O8S/c1-5-7-21-16-20(18-26(38-4)27(21)40-41(36,37)24-14-8-19(3)9-15-24)17-25-28(33)31-30(35)32(29(25)34)22-10-12-23(13-11-22)39-6-2/h5,8-18H,1,6-7H2,2-4H3,(H,31,33,35)/b25-17+. The fourth-order valence-corrected chi connectivity index (χ4v) is 5.07. The van der Waals surface area contributed by atoms with Gasteiger partial charge in [-0.3, -0.25) is 14.9 Å². The third kappa shape index (κ3) is 6.30. The summed E-state index contributed by atoms with van der Waals surface area (Å²) in [6, 6.07) is 14.5. The Bertz CT molecular complexity index is 1640. The summed E-state index contributed by atoms with van der Waals surface area (Å²) < 4.78 is 42.4. The SMILES string of the molecule is C=CCc1cc(/C=C2\C(=O)NC(=O)N(c3ccc(OCC)cc3)C2=O)cc(OC)c1OS(=O)(=O)c1ccc(C)cc1. The minimum atomic E-state index is -4.21. The highest BCUT2D eigenvalue weighted by Crippen LogP contribution is 2.37. The molecule has 1 N–H and O–H groups in total. The topological polar surface area (TPSA) is 128 Å². The van der Waals surface area contributed by atoms with Gasteiger partial charge in [0.25, 0.3) is 11.8 Å². The maximum atomic E-state index is 13.4. The lowest BCUT2D eigenvalue weighted by molar-refractivity contribution is -0.122. The third-order valence-electron chi connectivity index (χ3n) is 6.06. The first-order valence-corrected chi connectivity index (χ1v) is 14.0. The summed E-state index contributed by atoms with van der Waals surface area (Å²) in [7, 11) is -2.88. The van der Waals surface area contributed by atoms with Crippen LogP contribution < -0.4 is 23.9 Å². The molecule has 1 aliphatic rings.